The van der Waals surface area contributed by atoms with Crippen LogP contribution in [0.15, 0.2) is 59.8 Å². The minimum absolute atomic E-state index is 0.0362. The second-order valence-electron chi connectivity index (χ2n) is 12.9. The van der Waals surface area contributed by atoms with Crippen LogP contribution in [-0.2, 0) is 20.9 Å². The lowest BCUT2D eigenvalue weighted by atomic mass is 9.65. The molecule has 2 amide bonds. The van der Waals surface area contributed by atoms with E-state index in [1.807, 2.05) is 24.3 Å². The first-order valence-electron chi connectivity index (χ1n) is 14.2. The lowest BCUT2D eigenvalue weighted by Crippen LogP contribution is -2.38. The number of carbonyl (C=O) groups excluding carboxylic acids is 3. The van der Waals surface area contributed by atoms with Gasteiger partial charge in [0, 0.05) is 36.2 Å². The van der Waals surface area contributed by atoms with Gasteiger partial charge in [-0.2, -0.15) is 0 Å². The van der Waals surface area contributed by atoms with Crippen molar-refractivity contribution in [1.82, 2.24) is 9.80 Å². The minimum atomic E-state index is -0.517. The van der Waals surface area contributed by atoms with Gasteiger partial charge < -0.3 is 14.5 Å². The second-order valence-corrected chi connectivity index (χ2v) is 12.9. The highest BCUT2D eigenvalue weighted by molar-refractivity contribution is 5.96. The van der Waals surface area contributed by atoms with E-state index in [0.29, 0.717) is 22.4 Å². The van der Waals surface area contributed by atoms with Gasteiger partial charge >= 0.3 is 5.97 Å². The van der Waals surface area contributed by atoms with Crippen molar-refractivity contribution in [3.05, 3.63) is 82.3 Å². The van der Waals surface area contributed by atoms with Crippen molar-refractivity contribution in [2.75, 3.05) is 13.2 Å². The highest BCUT2D eigenvalue weighted by Gasteiger charge is 2.51. The van der Waals surface area contributed by atoms with E-state index in [-0.39, 0.29) is 54.1 Å². The number of fused-ring (bicyclic) bond motifs is 2. The molecule has 5 rings (SSSR count). The number of nitrogens with zero attached hydrogens (tertiary/aromatic N) is 2. The summed E-state index contributed by atoms with van der Waals surface area (Å²) in [6, 6.07) is 13.6. The molecule has 0 N–H and O–H groups in total. The molecule has 2 aromatic carbocycles. The molecule has 6 nitrogen and oxygen atoms in total. The number of esters is 1. The van der Waals surface area contributed by atoms with Crippen LogP contribution in [0, 0.1) is 16.6 Å². The van der Waals surface area contributed by atoms with E-state index in [2.05, 4.69) is 25.7 Å². The van der Waals surface area contributed by atoms with Crippen LogP contribution in [0.3, 0.4) is 0 Å². The fraction of sp³-hybridized carbons (Fsp3) is 0.485. The van der Waals surface area contributed by atoms with Gasteiger partial charge in [0.2, 0.25) is 5.91 Å². The van der Waals surface area contributed by atoms with Crippen molar-refractivity contribution in [3.8, 4) is 0 Å². The summed E-state index contributed by atoms with van der Waals surface area (Å²) in [5, 5.41) is 0. The van der Waals surface area contributed by atoms with Crippen molar-refractivity contribution in [2.45, 2.75) is 78.8 Å². The normalized spacial score (nSPS) is 25.8. The van der Waals surface area contributed by atoms with Crippen LogP contribution in [-0.4, -0.2) is 46.8 Å². The number of hydrogen-bond donors (Lipinski definition) is 0. The zero-order chi connectivity index (χ0) is 28.8. The first kappa shape index (κ1) is 28.1. The third-order valence-electron chi connectivity index (χ3n) is 8.78. The Labute approximate surface area is 236 Å². The zero-order valence-electron chi connectivity index (χ0n) is 24.1. The van der Waals surface area contributed by atoms with Gasteiger partial charge in [-0.15, -0.1) is 0 Å². The third kappa shape index (κ3) is 5.43. The molecule has 40 heavy (non-hydrogen) atoms. The molecular weight excluding hydrogens is 507 g/mol. The Morgan fingerprint density at radius 3 is 2.50 bits per heavy atom. The Morgan fingerprint density at radius 1 is 1.07 bits per heavy atom. The van der Waals surface area contributed by atoms with Crippen molar-refractivity contribution in [2.24, 2.45) is 10.8 Å². The van der Waals surface area contributed by atoms with Gasteiger partial charge in [-0.3, -0.25) is 9.59 Å². The number of rotatable bonds is 6. The van der Waals surface area contributed by atoms with Crippen molar-refractivity contribution < 1.29 is 23.5 Å². The van der Waals surface area contributed by atoms with Crippen LogP contribution in [0.1, 0.15) is 87.7 Å². The summed E-state index contributed by atoms with van der Waals surface area (Å²) in [5.74, 6) is -1.48. The smallest absolute Gasteiger partial charge is 0.336 e. The van der Waals surface area contributed by atoms with E-state index in [1.54, 1.807) is 30.9 Å². The number of hydrogen-bond acceptors (Lipinski definition) is 4. The van der Waals surface area contributed by atoms with Crippen LogP contribution in [0.5, 0.6) is 0 Å². The summed E-state index contributed by atoms with van der Waals surface area (Å²) in [5.41, 5.74) is 3.41. The number of allylic oxidation sites excluding steroid dienone is 1. The van der Waals surface area contributed by atoms with Gasteiger partial charge in [0.1, 0.15) is 5.82 Å². The molecule has 0 radical (unpaired) electrons. The molecule has 0 spiro atoms. The van der Waals surface area contributed by atoms with Gasteiger partial charge in [0.25, 0.3) is 5.91 Å². The van der Waals surface area contributed by atoms with Gasteiger partial charge in [0.05, 0.1) is 18.7 Å². The van der Waals surface area contributed by atoms with E-state index >= 15 is 0 Å². The fourth-order valence-corrected chi connectivity index (χ4v) is 7.51. The first-order chi connectivity index (χ1) is 18.9. The average Bonchev–Trinajstić information content (AvgIpc) is 3.14. The molecule has 3 atom stereocenters. The quantitative estimate of drug-likeness (QED) is 0.404. The summed E-state index contributed by atoms with van der Waals surface area (Å²) < 4.78 is 19.0. The molecule has 3 unspecified atom stereocenters. The Balaban J connectivity index is 1.41. The molecule has 0 aromatic heterocycles. The standard InChI is InChI=1S/C33H39FN2O4/c1-6-40-31(39)29-21(2)35(28(37)15-27(29)23-10-12-25(34)13-11-23)18-22-8-7-9-24(14-22)30(38)36-20-33(5)17-26(36)16-32(3,4)19-33/h7-14,26-27H,6,15-20H2,1-5H3. The molecule has 2 bridgehead atoms. The number of likely N-dealkylation sites (tertiary alicyclic amines) is 1. The molecular formula is C33H39FN2O4. The number of amides is 2. The number of carbonyl (C=O) groups is 3. The Bertz CT molecular complexity index is 1360. The highest BCUT2D eigenvalue weighted by Crippen LogP contribution is 2.52. The SMILES string of the molecule is CCOC(=O)C1=C(C)N(Cc2cccc(C(=O)N3CC4(C)CC3CC(C)(C)C4)c2)C(=O)CC1c1ccc(F)cc1. The van der Waals surface area contributed by atoms with E-state index < -0.39 is 11.9 Å². The molecule has 3 aliphatic rings. The van der Waals surface area contributed by atoms with E-state index in [1.165, 1.54) is 12.1 Å². The van der Waals surface area contributed by atoms with Crippen molar-refractivity contribution in [1.29, 1.82) is 0 Å². The summed E-state index contributed by atoms with van der Waals surface area (Å²) >= 11 is 0. The first-order valence-corrected chi connectivity index (χ1v) is 14.2. The third-order valence-corrected chi connectivity index (χ3v) is 8.78. The predicted octanol–water partition coefficient (Wildman–Crippen LogP) is 6.22. The lowest BCUT2D eigenvalue weighted by molar-refractivity contribution is -0.140. The van der Waals surface area contributed by atoms with Crippen molar-refractivity contribution in [3.63, 3.8) is 0 Å². The summed E-state index contributed by atoms with van der Waals surface area (Å²) in [7, 11) is 0. The maximum Gasteiger partial charge on any atom is 0.336 e. The number of benzene rings is 2. The van der Waals surface area contributed by atoms with Gasteiger partial charge in [-0.05, 0) is 79.3 Å². The van der Waals surface area contributed by atoms with Crippen LogP contribution < -0.4 is 0 Å². The van der Waals surface area contributed by atoms with Gasteiger partial charge in [-0.1, -0.05) is 45.0 Å². The molecule has 212 valence electrons. The second kappa shape index (κ2) is 10.5. The highest BCUT2D eigenvalue weighted by atomic mass is 19.1. The maximum atomic E-state index is 13.7. The topological polar surface area (TPSA) is 66.9 Å². The monoisotopic (exact) mass is 546 g/mol. The van der Waals surface area contributed by atoms with Crippen LogP contribution in [0.25, 0.3) is 0 Å². The van der Waals surface area contributed by atoms with E-state index in [4.69, 9.17) is 4.74 Å². The summed E-state index contributed by atoms with van der Waals surface area (Å²) in [4.78, 5) is 43.9. The Kier molecular flexibility index (Phi) is 7.36. The van der Waals surface area contributed by atoms with E-state index in [0.717, 1.165) is 31.4 Å². The summed E-state index contributed by atoms with van der Waals surface area (Å²) in [6.07, 6.45) is 3.23. The fourth-order valence-electron chi connectivity index (χ4n) is 7.51. The summed E-state index contributed by atoms with van der Waals surface area (Å²) in [6.45, 7) is 11.6. The maximum absolute atomic E-state index is 13.7. The van der Waals surface area contributed by atoms with Crippen LogP contribution in [0.4, 0.5) is 4.39 Å². The molecule has 1 saturated heterocycles. The predicted molar refractivity (Wildman–Crippen MR) is 151 cm³/mol. The molecule has 2 fully saturated rings. The van der Waals surface area contributed by atoms with Gasteiger partial charge in [-0.25, -0.2) is 9.18 Å². The molecule has 2 heterocycles. The lowest BCUT2D eigenvalue weighted by Gasteiger charge is -2.39. The Hall–Kier alpha value is -3.48. The van der Waals surface area contributed by atoms with Crippen LogP contribution >= 0.6 is 0 Å². The molecule has 2 aromatic rings. The molecule has 2 aliphatic heterocycles. The van der Waals surface area contributed by atoms with E-state index in [9.17, 15) is 18.8 Å². The van der Waals surface area contributed by atoms with Gasteiger partial charge in [0.15, 0.2) is 0 Å². The minimum Gasteiger partial charge on any atom is -0.463 e. The number of ether oxygens (including phenoxy) is 1. The molecule has 1 aliphatic carbocycles. The average molecular weight is 547 g/mol. The molecule has 1 saturated carbocycles. The molecule has 7 heteroatoms. The van der Waals surface area contributed by atoms with Crippen molar-refractivity contribution >= 4 is 17.8 Å². The largest absolute Gasteiger partial charge is 0.463 e. The number of halogens is 1. The Morgan fingerprint density at radius 2 is 1.80 bits per heavy atom. The van der Waals surface area contributed by atoms with Crippen LogP contribution in [0.2, 0.25) is 0 Å². The zero-order valence-corrected chi connectivity index (χ0v) is 24.1.